The largest absolute Gasteiger partial charge is 0.430 e. The molecule has 0 fully saturated rings. The molecule has 27 heavy (non-hydrogen) atoms. The Morgan fingerprint density at radius 3 is 2.56 bits per heavy atom. The first-order valence-corrected chi connectivity index (χ1v) is 10.1. The summed E-state index contributed by atoms with van der Waals surface area (Å²) in [6.45, 7) is 10.6. The monoisotopic (exact) mass is 381 g/mol. The van der Waals surface area contributed by atoms with E-state index in [-0.39, 0.29) is 0 Å². The van der Waals surface area contributed by atoms with Gasteiger partial charge in [-0.15, -0.1) is 0 Å². The molecule has 0 aliphatic carbocycles. The summed E-state index contributed by atoms with van der Waals surface area (Å²) >= 11 is 1.29. The number of ether oxygens (including phenoxy) is 1. The summed E-state index contributed by atoms with van der Waals surface area (Å²) in [7, 11) is 2.15. The van der Waals surface area contributed by atoms with E-state index in [0.717, 1.165) is 47.8 Å². The summed E-state index contributed by atoms with van der Waals surface area (Å²) in [5.74, 6) is 1.58. The fourth-order valence-electron chi connectivity index (χ4n) is 2.98. The quantitative estimate of drug-likeness (QED) is 0.548. The van der Waals surface area contributed by atoms with Crippen molar-refractivity contribution in [1.29, 1.82) is 0 Å². The van der Waals surface area contributed by atoms with Crippen LogP contribution in [0.5, 0.6) is 10.9 Å². The second-order valence-corrected chi connectivity index (χ2v) is 7.71. The van der Waals surface area contributed by atoms with Gasteiger partial charge in [0, 0.05) is 23.6 Å². The van der Waals surface area contributed by atoms with Gasteiger partial charge in [0.15, 0.2) is 5.82 Å². The van der Waals surface area contributed by atoms with Crippen LogP contribution in [-0.2, 0) is 6.42 Å². The van der Waals surface area contributed by atoms with E-state index in [1.165, 1.54) is 22.7 Å². The minimum atomic E-state index is 0.578. The van der Waals surface area contributed by atoms with Crippen molar-refractivity contribution >= 4 is 11.5 Å². The summed E-state index contributed by atoms with van der Waals surface area (Å²) < 4.78 is 10.5. The van der Waals surface area contributed by atoms with Crippen molar-refractivity contribution in [2.75, 3.05) is 20.1 Å². The van der Waals surface area contributed by atoms with Crippen molar-refractivity contribution in [3.8, 4) is 22.3 Å². The van der Waals surface area contributed by atoms with Crippen LogP contribution in [0.25, 0.3) is 11.4 Å². The van der Waals surface area contributed by atoms with Gasteiger partial charge in [-0.05, 0) is 69.1 Å². The van der Waals surface area contributed by atoms with Gasteiger partial charge in [0.05, 0.1) is 0 Å². The van der Waals surface area contributed by atoms with Crippen LogP contribution in [0.15, 0.2) is 36.4 Å². The van der Waals surface area contributed by atoms with E-state index in [1.807, 2.05) is 18.2 Å². The molecule has 0 atom stereocenters. The number of rotatable bonds is 7. The van der Waals surface area contributed by atoms with Crippen LogP contribution in [0, 0.1) is 20.8 Å². The van der Waals surface area contributed by atoms with E-state index >= 15 is 0 Å². The van der Waals surface area contributed by atoms with Gasteiger partial charge >= 0.3 is 0 Å². The van der Waals surface area contributed by atoms with Crippen molar-refractivity contribution in [1.82, 2.24) is 14.3 Å². The smallest absolute Gasteiger partial charge is 0.299 e. The second kappa shape index (κ2) is 8.63. The maximum atomic E-state index is 6.07. The average Bonchev–Trinajstić information content (AvgIpc) is 3.11. The van der Waals surface area contributed by atoms with Crippen LogP contribution in [0.1, 0.15) is 29.2 Å². The molecule has 0 aliphatic heterocycles. The summed E-state index contributed by atoms with van der Waals surface area (Å²) in [5, 5.41) is 0.578. The molecular weight excluding hydrogens is 354 g/mol. The van der Waals surface area contributed by atoms with E-state index in [4.69, 9.17) is 4.74 Å². The Labute approximate surface area is 166 Å². The van der Waals surface area contributed by atoms with Crippen LogP contribution in [-0.4, -0.2) is 34.4 Å². The summed E-state index contributed by atoms with van der Waals surface area (Å²) in [6.07, 6.45) is 1.05. The van der Waals surface area contributed by atoms with Gasteiger partial charge in [0.2, 0.25) is 0 Å². The molecule has 0 saturated carbocycles. The van der Waals surface area contributed by atoms with Crippen LogP contribution >= 0.6 is 11.5 Å². The summed E-state index contributed by atoms with van der Waals surface area (Å²) in [5.41, 5.74) is 5.96. The Balaban J connectivity index is 1.76. The first-order chi connectivity index (χ1) is 13.0. The van der Waals surface area contributed by atoms with Crippen LogP contribution < -0.4 is 4.74 Å². The second-order valence-electron chi connectivity index (χ2n) is 6.99. The molecule has 1 aromatic heterocycles. The lowest BCUT2D eigenvalue weighted by atomic mass is 10.0. The summed E-state index contributed by atoms with van der Waals surface area (Å²) in [6, 6.07) is 12.5. The number of nitrogens with zero attached hydrogens (tertiary/aromatic N) is 3. The molecule has 2 aromatic carbocycles. The number of hydrogen-bond donors (Lipinski definition) is 0. The third-order valence-corrected chi connectivity index (χ3v) is 5.52. The number of hydrogen-bond acceptors (Lipinski definition) is 5. The summed E-state index contributed by atoms with van der Waals surface area (Å²) in [4.78, 5) is 6.91. The maximum absolute atomic E-state index is 6.07. The highest BCUT2D eigenvalue weighted by atomic mass is 32.1. The Kier molecular flexibility index (Phi) is 6.24. The molecule has 3 aromatic rings. The molecule has 0 unspecified atom stereocenters. The number of benzene rings is 2. The molecule has 5 heteroatoms. The fourth-order valence-corrected chi connectivity index (χ4v) is 3.53. The highest BCUT2D eigenvalue weighted by molar-refractivity contribution is 7.07. The van der Waals surface area contributed by atoms with Crippen molar-refractivity contribution in [3.63, 3.8) is 0 Å². The predicted molar refractivity (Wildman–Crippen MR) is 113 cm³/mol. The van der Waals surface area contributed by atoms with Gasteiger partial charge in [0.25, 0.3) is 5.19 Å². The molecule has 0 aliphatic rings. The minimum Gasteiger partial charge on any atom is -0.430 e. The van der Waals surface area contributed by atoms with Crippen molar-refractivity contribution in [2.45, 2.75) is 34.1 Å². The molecule has 0 spiro atoms. The van der Waals surface area contributed by atoms with Gasteiger partial charge < -0.3 is 9.64 Å². The topological polar surface area (TPSA) is 38.2 Å². The standard InChI is InChI=1S/C22H27N3OS/c1-6-25(5)12-11-18-13-17(4)20(14-16(18)3)26-22-23-21(24-27-22)19-10-8-7-9-15(19)2/h7-10,13-14H,6,11-12H2,1-5H3. The molecule has 1 heterocycles. The van der Waals surface area contributed by atoms with E-state index < -0.39 is 0 Å². The van der Waals surface area contributed by atoms with Crippen LogP contribution in [0.2, 0.25) is 0 Å². The average molecular weight is 382 g/mol. The van der Waals surface area contributed by atoms with Crippen molar-refractivity contribution < 1.29 is 4.74 Å². The lowest BCUT2D eigenvalue weighted by molar-refractivity contribution is 0.357. The van der Waals surface area contributed by atoms with Crippen LogP contribution in [0.3, 0.4) is 0 Å². The fraction of sp³-hybridized carbons (Fsp3) is 0.364. The Morgan fingerprint density at radius 1 is 1.04 bits per heavy atom. The molecule has 0 N–H and O–H groups in total. The van der Waals surface area contributed by atoms with Gasteiger partial charge in [-0.25, -0.2) is 0 Å². The third-order valence-electron chi connectivity index (χ3n) is 4.93. The number of aryl methyl sites for hydroxylation is 3. The Bertz CT molecular complexity index is 920. The normalized spacial score (nSPS) is 11.2. The zero-order valence-electron chi connectivity index (χ0n) is 16.7. The van der Waals surface area contributed by atoms with E-state index in [2.05, 4.69) is 67.2 Å². The molecule has 0 radical (unpaired) electrons. The Morgan fingerprint density at radius 2 is 1.81 bits per heavy atom. The van der Waals surface area contributed by atoms with Crippen molar-refractivity contribution in [3.05, 3.63) is 58.7 Å². The molecule has 0 bridgehead atoms. The Hall–Kier alpha value is -2.24. The van der Waals surface area contributed by atoms with Gasteiger partial charge in [0.1, 0.15) is 5.75 Å². The van der Waals surface area contributed by atoms with E-state index in [0.29, 0.717) is 5.19 Å². The molecule has 0 amide bonds. The highest BCUT2D eigenvalue weighted by Gasteiger charge is 2.13. The molecule has 3 rings (SSSR count). The lowest BCUT2D eigenvalue weighted by Gasteiger charge is -2.16. The van der Waals surface area contributed by atoms with Gasteiger partial charge in [-0.1, -0.05) is 37.3 Å². The van der Waals surface area contributed by atoms with Gasteiger partial charge in [-0.2, -0.15) is 9.36 Å². The lowest BCUT2D eigenvalue weighted by Crippen LogP contribution is -2.20. The number of aromatic nitrogens is 2. The minimum absolute atomic E-state index is 0.578. The first-order valence-electron chi connectivity index (χ1n) is 9.34. The molecular formula is C22H27N3OS. The maximum Gasteiger partial charge on any atom is 0.299 e. The van der Waals surface area contributed by atoms with Crippen molar-refractivity contribution in [2.24, 2.45) is 0 Å². The third kappa shape index (κ3) is 4.73. The zero-order valence-corrected chi connectivity index (χ0v) is 17.6. The van der Waals surface area contributed by atoms with Crippen LogP contribution in [0.4, 0.5) is 0 Å². The SMILES string of the molecule is CCN(C)CCc1cc(C)c(Oc2nc(-c3ccccc3C)ns2)cc1C. The molecule has 4 nitrogen and oxygen atoms in total. The highest BCUT2D eigenvalue weighted by Crippen LogP contribution is 2.31. The van der Waals surface area contributed by atoms with Gasteiger partial charge in [-0.3, -0.25) is 0 Å². The van der Waals surface area contributed by atoms with E-state index in [1.54, 1.807) is 0 Å². The number of likely N-dealkylation sites (N-methyl/N-ethyl adjacent to an activating group) is 1. The first kappa shape index (κ1) is 19.5. The molecule has 142 valence electrons. The van der Waals surface area contributed by atoms with E-state index in [9.17, 15) is 0 Å². The predicted octanol–water partition coefficient (Wildman–Crippen LogP) is 5.42. The zero-order chi connectivity index (χ0) is 19.4. The molecule has 0 saturated heterocycles.